The Hall–Kier alpha value is -2.04. The lowest BCUT2D eigenvalue weighted by Gasteiger charge is -2.29. The van der Waals surface area contributed by atoms with Gasteiger partial charge in [-0.1, -0.05) is 30.3 Å². The number of benzene rings is 2. The van der Waals surface area contributed by atoms with Gasteiger partial charge in [-0.05, 0) is 30.8 Å². The van der Waals surface area contributed by atoms with Crippen LogP contribution in [0, 0.1) is 0 Å². The van der Waals surface area contributed by atoms with Crippen LogP contribution in [0.3, 0.4) is 0 Å². The summed E-state index contributed by atoms with van der Waals surface area (Å²) in [4.78, 5) is 2.23. The van der Waals surface area contributed by atoms with Gasteiger partial charge in [-0.15, -0.1) is 0 Å². The second kappa shape index (κ2) is 7.82. The van der Waals surface area contributed by atoms with Gasteiger partial charge in [0.1, 0.15) is 11.5 Å². The average Bonchev–Trinajstić information content (AvgIpc) is 2.56. The number of ether oxygens (including phenoxy) is 2. The SMILES string of the molecule is COc1ccc(OC)c(C(CN)N(C)Cc2ccccc2)c1. The van der Waals surface area contributed by atoms with Crippen LogP contribution in [0.1, 0.15) is 17.2 Å². The van der Waals surface area contributed by atoms with E-state index in [1.807, 2.05) is 36.4 Å². The fourth-order valence-corrected chi connectivity index (χ4v) is 2.63. The molecule has 0 radical (unpaired) electrons. The first kappa shape index (κ1) is 16.3. The molecule has 0 heterocycles. The molecule has 1 atom stereocenters. The van der Waals surface area contributed by atoms with E-state index in [2.05, 4.69) is 24.1 Å². The third kappa shape index (κ3) is 3.78. The number of rotatable bonds is 7. The number of likely N-dealkylation sites (N-methyl/N-ethyl adjacent to an activating group) is 1. The van der Waals surface area contributed by atoms with Crippen molar-refractivity contribution >= 4 is 0 Å². The highest BCUT2D eigenvalue weighted by molar-refractivity contribution is 5.42. The Bertz CT molecular complexity index is 587. The van der Waals surface area contributed by atoms with Crippen LogP contribution in [0.25, 0.3) is 0 Å². The molecule has 1 unspecified atom stereocenters. The third-order valence-corrected chi connectivity index (χ3v) is 3.83. The van der Waals surface area contributed by atoms with Crippen molar-refractivity contribution in [2.45, 2.75) is 12.6 Å². The van der Waals surface area contributed by atoms with Crippen LogP contribution in [-0.2, 0) is 6.54 Å². The van der Waals surface area contributed by atoms with Crippen molar-refractivity contribution in [2.24, 2.45) is 5.73 Å². The van der Waals surface area contributed by atoms with Gasteiger partial charge in [-0.3, -0.25) is 4.90 Å². The van der Waals surface area contributed by atoms with Crippen LogP contribution in [0.4, 0.5) is 0 Å². The van der Waals surface area contributed by atoms with Gasteiger partial charge in [-0.2, -0.15) is 0 Å². The number of hydrogen-bond acceptors (Lipinski definition) is 4. The monoisotopic (exact) mass is 300 g/mol. The minimum Gasteiger partial charge on any atom is -0.497 e. The molecule has 2 rings (SSSR count). The number of hydrogen-bond donors (Lipinski definition) is 1. The maximum absolute atomic E-state index is 6.04. The molecule has 0 aliphatic rings. The summed E-state index contributed by atoms with van der Waals surface area (Å²) in [7, 11) is 5.41. The van der Waals surface area contributed by atoms with Gasteiger partial charge in [0.2, 0.25) is 0 Å². The summed E-state index contributed by atoms with van der Waals surface area (Å²) in [5.41, 5.74) is 8.34. The van der Waals surface area contributed by atoms with Crippen LogP contribution >= 0.6 is 0 Å². The molecular weight excluding hydrogens is 276 g/mol. The topological polar surface area (TPSA) is 47.7 Å². The molecular formula is C18H24N2O2. The highest BCUT2D eigenvalue weighted by Crippen LogP contribution is 2.32. The molecule has 0 fully saturated rings. The Morgan fingerprint density at radius 1 is 1.05 bits per heavy atom. The predicted octanol–water partition coefficient (Wildman–Crippen LogP) is 2.84. The Morgan fingerprint density at radius 2 is 1.77 bits per heavy atom. The molecule has 0 saturated carbocycles. The summed E-state index contributed by atoms with van der Waals surface area (Å²) in [6, 6.07) is 16.2. The molecule has 2 aromatic carbocycles. The molecule has 0 bridgehead atoms. The predicted molar refractivity (Wildman–Crippen MR) is 89.3 cm³/mol. The highest BCUT2D eigenvalue weighted by Gasteiger charge is 2.20. The molecule has 0 spiro atoms. The second-order valence-electron chi connectivity index (χ2n) is 5.26. The van der Waals surface area contributed by atoms with Gasteiger partial charge < -0.3 is 15.2 Å². The van der Waals surface area contributed by atoms with E-state index < -0.39 is 0 Å². The fourth-order valence-electron chi connectivity index (χ4n) is 2.63. The van der Waals surface area contributed by atoms with Crippen LogP contribution in [0.15, 0.2) is 48.5 Å². The number of nitrogens with zero attached hydrogens (tertiary/aromatic N) is 1. The summed E-state index contributed by atoms with van der Waals surface area (Å²) in [6.07, 6.45) is 0. The maximum Gasteiger partial charge on any atom is 0.123 e. The minimum absolute atomic E-state index is 0.0604. The summed E-state index contributed by atoms with van der Waals surface area (Å²) in [6.45, 7) is 1.33. The molecule has 0 aliphatic carbocycles. The molecule has 118 valence electrons. The molecule has 0 aromatic heterocycles. The second-order valence-corrected chi connectivity index (χ2v) is 5.26. The summed E-state index contributed by atoms with van der Waals surface area (Å²) >= 11 is 0. The van der Waals surface area contributed by atoms with E-state index in [-0.39, 0.29) is 6.04 Å². The van der Waals surface area contributed by atoms with E-state index in [9.17, 15) is 0 Å². The van der Waals surface area contributed by atoms with Crippen LogP contribution in [-0.4, -0.2) is 32.7 Å². The quantitative estimate of drug-likeness (QED) is 0.854. The van der Waals surface area contributed by atoms with E-state index in [4.69, 9.17) is 15.2 Å². The molecule has 4 heteroatoms. The largest absolute Gasteiger partial charge is 0.497 e. The van der Waals surface area contributed by atoms with Crippen molar-refractivity contribution in [1.29, 1.82) is 0 Å². The van der Waals surface area contributed by atoms with Gasteiger partial charge in [0, 0.05) is 18.7 Å². The normalized spacial score (nSPS) is 12.2. The van der Waals surface area contributed by atoms with E-state index in [0.29, 0.717) is 6.54 Å². The maximum atomic E-state index is 6.04. The lowest BCUT2D eigenvalue weighted by atomic mass is 10.0. The molecule has 4 nitrogen and oxygen atoms in total. The van der Waals surface area contributed by atoms with Crippen molar-refractivity contribution in [3.63, 3.8) is 0 Å². The van der Waals surface area contributed by atoms with Gasteiger partial charge in [-0.25, -0.2) is 0 Å². The zero-order valence-corrected chi connectivity index (χ0v) is 13.5. The molecule has 2 N–H and O–H groups in total. The van der Waals surface area contributed by atoms with Crippen molar-refractivity contribution < 1.29 is 9.47 Å². The average molecular weight is 300 g/mol. The molecule has 22 heavy (non-hydrogen) atoms. The Morgan fingerprint density at radius 3 is 2.36 bits per heavy atom. The zero-order valence-electron chi connectivity index (χ0n) is 13.5. The van der Waals surface area contributed by atoms with Gasteiger partial charge in [0.15, 0.2) is 0 Å². The number of nitrogens with two attached hydrogens (primary N) is 1. The molecule has 0 aliphatic heterocycles. The van der Waals surface area contributed by atoms with E-state index in [1.165, 1.54) is 5.56 Å². The van der Waals surface area contributed by atoms with Gasteiger partial charge in [0.05, 0.1) is 20.3 Å². The first-order valence-corrected chi connectivity index (χ1v) is 7.35. The van der Waals surface area contributed by atoms with Crippen LogP contribution in [0.2, 0.25) is 0 Å². The van der Waals surface area contributed by atoms with Crippen molar-refractivity contribution in [2.75, 3.05) is 27.8 Å². The standard InChI is InChI=1S/C18H24N2O2/c1-20(13-14-7-5-4-6-8-14)17(12-19)16-11-15(21-2)9-10-18(16)22-3/h4-11,17H,12-13,19H2,1-3H3. The van der Waals surface area contributed by atoms with Gasteiger partial charge in [0.25, 0.3) is 0 Å². The van der Waals surface area contributed by atoms with E-state index in [1.54, 1.807) is 14.2 Å². The van der Waals surface area contributed by atoms with Crippen LogP contribution < -0.4 is 15.2 Å². The summed E-state index contributed by atoms with van der Waals surface area (Å²) in [5.74, 6) is 1.64. The lowest BCUT2D eigenvalue weighted by molar-refractivity contribution is 0.235. The minimum atomic E-state index is 0.0604. The Kier molecular flexibility index (Phi) is 5.81. The molecule has 0 amide bonds. The summed E-state index contributed by atoms with van der Waals surface area (Å²) < 4.78 is 10.8. The van der Waals surface area contributed by atoms with Gasteiger partial charge >= 0.3 is 0 Å². The highest BCUT2D eigenvalue weighted by atomic mass is 16.5. The summed E-state index contributed by atoms with van der Waals surface area (Å²) in [5, 5.41) is 0. The first-order chi connectivity index (χ1) is 10.7. The van der Waals surface area contributed by atoms with Crippen molar-refractivity contribution in [3.05, 3.63) is 59.7 Å². The van der Waals surface area contributed by atoms with Crippen LogP contribution in [0.5, 0.6) is 11.5 Å². The van der Waals surface area contributed by atoms with E-state index >= 15 is 0 Å². The molecule has 2 aromatic rings. The Labute approximate surface area is 132 Å². The Balaban J connectivity index is 2.26. The van der Waals surface area contributed by atoms with Crippen molar-refractivity contribution in [1.82, 2.24) is 4.90 Å². The molecule has 0 saturated heterocycles. The zero-order chi connectivity index (χ0) is 15.9. The smallest absolute Gasteiger partial charge is 0.123 e. The fraction of sp³-hybridized carbons (Fsp3) is 0.333. The third-order valence-electron chi connectivity index (χ3n) is 3.83. The van der Waals surface area contributed by atoms with E-state index in [0.717, 1.165) is 23.6 Å². The first-order valence-electron chi connectivity index (χ1n) is 7.35. The number of methoxy groups -OCH3 is 2. The van der Waals surface area contributed by atoms with Crippen molar-refractivity contribution in [3.8, 4) is 11.5 Å². The lowest BCUT2D eigenvalue weighted by Crippen LogP contribution is -2.30.